The standard InChI is InChI=1S/C26H21N3OS/c1-19-11-13-21(14-12-19)27-18-20-17-22(15-16-25(20)30)28-29-24-9-5-6-10-26(24)31-23-7-3-2-4-8-23/h2-18,30H,1H3. The SMILES string of the molecule is Cc1ccc(N=Cc2cc(N=Nc3ccccc3Sc3ccccc3)ccc2O)cc1. The van der Waals surface area contributed by atoms with Crippen LogP contribution < -0.4 is 0 Å². The van der Waals surface area contributed by atoms with Gasteiger partial charge < -0.3 is 5.11 Å². The van der Waals surface area contributed by atoms with Gasteiger partial charge in [0.1, 0.15) is 5.75 Å². The summed E-state index contributed by atoms with van der Waals surface area (Å²) in [6, 6.07) is 31.1. The van der Waals surface area contributed by atoms with E-state index in [4.69, 9.17) is 0 Å². The van der Waals surface area contributed by atoms with E-state index < -0.39 is 0 Å². The van der Waals surface area contributed by atoms with Crippen LogP contribution in [0.15, 0.2) is 122 Å². The van der Waals surface area contributed by atoms with E-state index in [0.717, 1.165) is 21.2 Å². The first kappa shape index (κ1) is 20.6. The van der Waals surface area contributed by atoms with Crippen molar-refractivity contribution in [2.75, 3.05) is 0 Å². The number of nitrogens with zero attached hydrogens (tertiary/aromatic N) is 3. The van der Waals surface area contributed by atoms with Crippen molar-refractivity contribution in [1.82, 2.24) is 0 Å². The second-order valence-corrected chi connectivity index (χ2v) is 8.04. The monoisotopic (exact) mass is 423 g/mol. The molecule has 152 valence electrons. The summed E-state index contributed by atoms with van der Waals surface area (Å²) in [5.41, 5.74) is 4.02. The fraction of sp³-hybridized carbons (Fsp3) is 0.0385. The summed E-state index contributed by atoms with van der Waals surface area (Å²) >= 11 is 1.65. The van der Waals surface area contributed by atoms with E-state index in [-0.39, 0.29) is 5.75 Å². The summed E-state index contributed by atoms with van der Waals surface area (Å²) in [6.45, 7) is 2.03. The predicted molar refractivity (Wildman–Crippen MR) is 128 cm³/mol. The molecule has 0 aliphatic rings. The Hall–Kier alpha value is -3.70. The molecule has 0 heterocycles. The van der Waals surface area contributed by atoms with Crippen LogP contribution in [0.2, 0.25) is 0 Å². The summed E-state index contributed by atoms with van der Waals surface area (Å²) in [5.74, 6) is 0.148. The maximum Gasteiger partial charge on any atom is 0.124 e. The van der Waals surface area contributed by atoms with E-state index in [9.17, 15) is 5.11 Å². The number of benzene rings is 4. The molecule has 4 rings (SSSR count). The van der Waals surface area contributed by atoms with Gasteiger partial charge in [0.15, 0.2) is 0 Å². The Morgan fingerprint density at radius 2 is 1.45 bits per heavy atom. The van der Waals surface area contributed by atoms with Crippen LogP contribution >= 0.6 is 11.8 Å². The van der Waals surface area contributed by atoms with E-state index in [1.165, 1.54) is 5.56 Å². The lowest BCUT2D eigenvalue weighted by Crippen LogP contribution is -1.82. The molecule has 0 atom stereocenters. The molecule has 0 spiro atoms. The van der Waals surface area contributed by atoms with E-state index in [1.807, 2.05) is 73.7 Å². The van der Waals surface area contributed by atoms with Crippen molar-refractivity contribution in [2.45, 2.75) is 16.7 Å². The van der Waals surface area contributed by atoms with Crippen molar-refractivity contribution in [3.8, 4) is 5.75 Å². The first-order valence-corrected chi connectivity index (χ1v) is 10.7. The molecule has 4 aromatic rings. The molecule has 5 heteroatoms. The molecule has 4 nitrogen and oxygen atoms in total. The minimum absolute atomic E-state index is 0.148. The molecule has 0 amide bonds. The summed E-state index contributed by atoms with van der Waals surface area (Å²) < 4.78 is 0. The molecule has 0 unspecified atom stereocenters. The minimum Gasteiger partial charge on any atom is -0.507 e. The van der Waals surface area contributed by atoms with Gasteiger partial charge in [0, 0.05) is 21.6 Å². The van der Waals surface area contributed by atoms with Gasteiger partial charge in [-0.05, 0) is 61.5 Å². The number of phenolic OH excluding ortho intramolecular Hbond substituents is 1. The Labute approximate surface area is 186 Å². The number of rotatable bonds is 6. The molecule has 0 fully saturated rings. The topological polar surface area (TPSA) is 57.3 Å². The van der Waals surface area contributed by atoms with Gasteiger partial charge in [0.25, 0.3) is 0 Å². The highest BCUT2D eigenvalue weighted by Crippen LogP contribution is 2.35. The fourth-order valence-corrected chi connectivity index (χ4v) is 3.74. The Bertz CT molecular complexity index is 1220. The quantitative estimate of drug-likeness (QED) is 0.252. The van der Waals surface area contributed by atoms with Crippen molar-refractivity contribution >= 4 is 35.0 Å². The molecule has 0 saturated heterocycles. The van der Waals surface area contributed by atoms with Crippen molar-refractivity contribution in [1.29, 1.82) is 0 Å². The normalized spacial score (nSPS) is 11.4. The molecule has 1 N–H and O–H groups in total. The Kier molecular flexibility index (Phi) is 6.55. The van der Waals surface area contributed by atoms with Crippen molar-refractivity contribution in [3.63, 3.8) is 0 Å². The highest BCUT2D eigenvalue weighted by atomic mass is 32.2. The number of hydrogen-bond donors (Lipinski definition) is 1. The predicted octanol–water partition coefficient (Wildman–Crippen LogP) is 8.02. The molecule has 31 heavy (non-hydrogen) atoms. The van der Waals surface area contributed by atoms with Crippen LogP contribution in [0.5, 0.6) is 5.75 Å². The van der Waals surface area contributed by atoms with Gasteiger partial charge in [-0.1, -0.05) is 59.8 Å². The number of aromatic hydroxyl groups is 1. The molecule has 0 aliphatic heterocycles. The zero-order valence-electron chi connectivity index (χ0n) is 17.0. The zero-order valence-corrected chi connectivity index (χ0v) is 17.8. The van der Waals surface area contributed by atoms with Gasteiger partial charge >= 0.3 is 0 Å². The first-order chi connectivity index (χ1) is 15.2. The smallest absolute Gasteiger partial charge is 0.124 e. The third-order valence-electron chi connectivity index (χ3n) is 4.51. The van der Waals surface area contributed by atoms with Gasteiger partial charge in [0.2, 0.25) is 0 Å². The number of hydrogen-bond acceptors (Lipinski definition) is 5. The molecule has 0 saturated carbocycles. The fourth-order valence-electron chi connectivity index (χ4n) is 2.84. The van der Waals surface area contributed by atoms with Gasteiger partial charge in [-0.2, -0.15) is 5.11 Å². The van der Waals surface area contributed by atoms with E-state index in [0.29, 0.717) is 11.3 Å². The average molecular weight is 424 g/mol. The second kappa shape index (κ2) is 9.87. The molecular formula is C26H21N3OS. The molecule has 0 aliphatic carbocycles. The van der Waals surface area contributed by atoms with Crippen molar-refractivity contribution in [3.05, 3.63) is 108 Å². The van der Waals surface area contributed by atoms with Crippen LogP contribution in [-0.2, 0) is 0 Å². The van der Waals surface area contributed by atoms with Crippen LogP contribution in [0.4, 0.5) is 17.1 Å². The number of aryl methyl sites for hydroxylation is 1. The van der Waals surface area contributed by atoms with Crippen molar-refractivity contribution < 1.29 is 5.11 Å². The van der Waals surface area contributed by atoms with Gasteiger partial charge in [-0.3, -0.25) is 4.99 Å². The summed E-state index contributed by atoms with van der Waals surface area (Å²) in [6.07, 6.45) is 1.64. The maximum absolute atomic E-state index is 10.2. The van der Waals surface area contributed by atoms with E-state index in [1.54, 1.807) is 36.2 Å². The zero-order chi connectivity index (χ0) is 21.5. The second-order valence-electron chi connectivity index (χ2n) is 6.92. The minimum atomic E-state index is 0.148. The first-order valence-electron chi connectivity index (χ1n) is 9.85. The highest BCUT2D eigenvalue weighted by molar-refractivity contribution is 7.99. The lowest BCUT2D eigenvalue weighted by atomic mass is 10.2. The Balaban J connectivity index is 1.55. The number of aliphatic imine (C=N–C) groups is 1. The number of phenols is 1. The average Bonchev–Trinajstić information content (AvgIpc) is 2.80. The summed E-state index contributed by atoms with van der Waals surface area (Å²) in [4.78, 5) is 6.61. The summed E-state index contributed by atoms with van der Waals surface area (Å²) in [5, 5.41) is 19.0. The lowest BCUT2D eigenvalue weighted by molar-refractivity contribution is 0.474. The maximum atomic E-state index is 10.2. The van der Waals surface area contributed by atoms with Crippen molar-refractivity contribution in [2.24, 2.45) is 15.2 Å². The van der Waals surface area contributed by atoms with Gasteiger partial charge in [-0.25, -0.2) is 0 Å². The van der Waals surface area contributed by atoms with Gasteiger partial charge in [-0.15, -0.1) is 5.11 Å². The van der Waals surface area contributed by atoms with Crippen LogP contribution in [0.25, 0.3) is 0 Å². The molecule has 0 aromatic heterocycles. The molecule has 0 radical (unpaired) electrons. The summed E-state index contributed by atoms with van der Waals surface area (Å²) in [7, 11) is 0. The van der Waals surface area contributed by atoms with Crippen LogP contribution in [0.1, 0.15) is 11.1 Å². The van der Waals surface area contributed by atoms with E-state index >= 15 is 0 Å². The van der Waals surface area contributed by atoms with E-state index in [2.05, 4.69) is 27.4 Å². The molecular weight excluding hydrogens is 402 g/mol. The van der Waals surface area contributed by atoms with Gasteiger partial charge in [0.05, 0.1) is 17.1 Å². The largest absolute Gasteiger partial charge is 0.507 e. The molecule has 0 bridgehead atoms. The molecule has 4 aromatic carbocycles. The Morgan fingerprint density at radius 1 is 0.742 bits per heavy atom. The number of azo groups is 1. The highest BCUT2D eigenvalue weighted by Gasteiger charge is 2.04. The third-order valence-corrected chi connectivity index (χ3v) is 5.58. The van der Waals surface area contributed by atoms with Crippen LogP contribution in [0, 0.1) is 6.92 Å². The van der Waals surface area contributed by atoms with Crippen LogP contribution in [-0.4, -0.2) is 11.3 Å². The Morgan fingerprint density at radius 3 is 2.26 bits per heavy atom. The lowest BCUT2D eigenvalue weighted by Gasteiger charge is -2.04. The third kappa shape index (κ3) is 5.68. The van der Waals surface area contributed by atoms with Crippen LogP contribution in [0.3, 0.4) is 0 Å².